The Morgan fingerprint density at radius 3 is 3.12 bits per heavy atom. The van der Waals surface area contributed by atoms with Gasteiger partial charge in [0, 0.05) is 19.3 Å². The second kappa shape index (κ2) is 5.44. The summed E-state index contributed by atoms with van der Waals surface area (Å²) in [4.78, 5) is 7.78. The Hall–Kier alpha value is -1.89. The van der Waals surface area contributed by atoms with Crippen LogP contribution in [-0.2, 0) is 6.54 Å². The maximum absolute atomic E-state index is 5.90. The van der Waals surface area contributed by atoms with Crippen LogP contribution in [0.4, 0.5) is 11.8 Å². The van der Waals surface area contributed by atoms with E-state index < -0.39 is 0 Å². The standard InChI is InChI=1S/C9H12ClN7/c10-7-6-13-9(11)15-8(7)12-2-1-4-17-5-3-14-16-17/h3,5-6H,1-2,4H2,(H3,11,12,13,15). The molecule has 0 bridgehead atoms. The molecule has 0 fully saturated rings. The minimum Gasteiger partial charge on any atom is -0.369 e. The number of nitrogen functional groups attached to an aromatic ring is 1. The predicted molar refractivity (Wildman–Crippen MR) is 64.6 cm³/mol. The van der Waals surface area contributed by atoms with Crippen LogP contribution in [0.3, 0.4) is 0 Å². The van der Waals surface area contributed by atoms with E-state index in [1.165, 1.54) is 6.20 Å². The molecule has 2 aromatic rings. The predicted octanol–water partition coefficient (Wildman–Crippen LogP) is 0.806. The van der Waals surface area contributed by atoms with Crippen molar-refractivity contribution < 1.29 is 0 Å². The van der Waals surface area contributed by atoms with Crippen LogP contribution in [0.25, 0.3) is 0 Å². The molecule has 2 heterocycles. The largest absolute Gasteiger partial charge is 0.369 e. The monoisotopic (exact) mass is 253 g/mol. The lowest BCUT2D eigenvalue weighted by molar-refractivity contribution is 0.569. The van der Waals surface area contributed by atoms with Crippen molar-refractivity contribution in [3.8, 4) is 0 Å². The number of hydrogen-bond donors (Lipinski definition) is 2. The summed E-state index contributed by atoms with van der Waals surface area (Å²) in [6.45, 7) is 1.50. The van der Waals surface area contributed by atoms with Crippen LogP contribution in [0, 0.1) is 0 Å². The third-order valence-corrected chi connectivity index (χ3v) is 2.37. The smallest absolute Gasteiger partial charge is 0.222 e. The zero-order chi connectivity index (χ0) is 12.1. The average Bonchev–Trinajstić information content (AvgIpc) is 2.82. The third kappa shape index (κ3) is 3.28. The van der Waals surface area contributed by atoms with Gasteiger partial charge in [-0.3, -0.25) is 4.68 Å². The van der Waals surface area contributed by atoms with Gasteiger partial charge in [-0.1, -0.05) is 16.8 Å². The topological polar surface area (TPSA) is 94.5 Å². The van der Waals surface area contributed by atoms with E-state index in [9.17, 15) is 0 Å². The van der Waals surface area contributed by atoms with E-state index >= 15 is 0 Å². The van der Waals surface area contributed by atoms with Crippen molar-refractivity contribution in [3.05, 3.63) is 23.6 Å². The molecule has 0 saturated heterocycles. The van der Waals surface area contributed by atoms with E-state index in [0.29, 0.717) is 10.8 Å². The minimum absolute atomic E-state index is 0.202. The zero-order valence-electron chi connectivity index (χ0n) is 9.04. The number of rotatable bonds is 5. The maximum Gasteiger partial charge on any atom is 0.222 e. The molecule has 0 aliphatic heterocycles. The first-order chi connectivity index (χ1) is 8.25. The molecule has 0 unspecified atom stereocenters. The highest BCUT2D eigenvalue weighted by atomic mass is 35.5. The molecule has 2 rings (SSSR count). The molecule has 8 heteroatoms. The highest BCUT2D eigenvalue weighted by Gasteiger charge is 2.02. The Kier molecular flexibility index (Phi) is 3.71. The second-order valence-electron chi connectivity index (χ2n) is 3.37. The van der Waals surface area contributed by atoms with Gasteiger partial charge in [-0.15, -0.1) is 5.10 Å². The lowest BCUT2D eigenvalue weighted by Gasteiger charge is -2.07. The number of aryl methyl sites for hydroxylation is 1. The average molecular weight is 254 g/mol. The van der Waals surface area contributed by atoms with Gasteiger partial charge in [0.05, 0.1) is 12.4 Å². The minimum atomic E-state index is 0.202. The van der Waals surface area contributed by atoms with E-state index in [-0.39, 0.29) is 5.95 Å². The molecule has 7 nitrogen and oxygen atoms in total. The normalized spacial score (nSPS) is 10.4. The number of aromatic nitrogens is 5. The molecule has 0 amide bonds. The number of halogens is 1. The Morgan fingerprint density at radius 2 is 2.35 bits per heavy atom. The van der Waals surface area contributed by atoms with Gasteiger partial charge in [-0.2, -0.15) is 4.98 Å². The molecule has 3 N–H and O–H groups in total. The van der Waals surface area contributed by atoms with Crippen LogP contribution in [-0.4, -0.2) is 31.5 Å². The summed E-state index contributed by atoms with van der Waals surface area (Å²) in [6, 6.07) is 0. The summed E-state index contributed by atoms with van der Waals surface area (Å²) >= 11 is 5.90. The molecule has 0 radical (unpaired) electrons. The van der Waals surface area contributed by atoms with Gasteiger partial charge < -0.3 is 11.1 Å². The Labute approximate surface area is 103 Å². The molecular formula is C9H12ClN7. The van der Waals surface area contributed by atoms with Gasteiger partial charge in [0.1, 0.15) is 10.8 Å². The fraction of sp³-hybridized carbons (Fsp3) is 0.333. The van der Waals surface area contributed by atoms with Crippen molar-refractivity contribution >= 4 is 23.4 Å². The van der Waals surface area contributed by atoms with Crippen LogP contribution in [0.15, 0.2) is 18.6 Å². The van der Waals surface area contributed by atoms with Crippen LogP contribution < -0.4 is 11.1 Å². The van der Waals surface area contributed by atoms with Crippen molar-refractivity contribution in [2.45, 2.75) is 13.0 Å². The fourth-order valence-corrected chi connectivity index (χ4v) is 1.46. The summed E-state index contributed by atoms with van der Waals surface area (Å²) in [5.41, 5.74) is 5.47. The molecule has 0 saturated carbocycles. The van der Waals surface area contributed by atoms with Crippen LogP contribution in [0.5, 0.6) is 0 Å². The van der Waals surface area contributed by atoms with E-state index in [1.807, 2.05) is 6.20 Å². The summed E-state index contributed by atoms with van der Waals surface area (Å²) < 4.78 is 1.76. The van der Waals surface area contributed by atoms with Crippen LogP contribution >= 0.6 is 11.6 Å². The first kappa shape index (κ1) is 11.6. The number of nitrogens with one attached hydrogen (secondary N) is 1. The second-order valence-corrected chi connectivity index (χ2v) is 3.78. The molecule has 0 aliphatic carbocycles. The van der Waals surface area contributed by atoms with Gasteiger partial charge in [-0.05, 0) is 6.42 Å². The van der Waals surface area contributed by atoms with E-state index in [1.54, 1.807) is 10.9 Å². The molecule has 0 atom stereocenters. The lowest BCUT2D eigenvalue weighted by Crippen LogP contribution is -2.09. The van der Waals surface area contributed by atoms with Crippen LogP contribution in [0.1, 0.15) is 6.42 Å². The Morgan fingerprint density at radius 1 is 1.47 bits per heavy atom. The van der Waals surface area contributed by atoms with E-state index in [0.717, 1.165) is 19.5 Å². The number of nitrogens with two attached hydrogens (primary N) is 1. The summed E-state index contributed by atoms with van der Waals surface area (Å²) in [6.07, 6.45) is 5.82. The molecule has 17 heavy (non-hydrogen) atoms. The molecule has 90 valence electrons. The summed E-state index contributed by atoms with van der Waals surface area (Å²) in [5, 5.41) is 11.1. The number of nitrogens with zero attached hydrogens (tertiary/aromatic N) is 5. The Bertz CT molecular complexity index is 470. The summed E-state index contributed by atoms with van der Waals surface area (Å²) in [7, 11) is 0. The molecule has 2 aromatic heterocycles. The van der Waals surface area contributed by atoms with Crippen LogP contribution in [0.2, 0.25) is 5.02 Å². The molecule has 0 aromatic carbocycles. The van der Waals surface area contributed by atoms with Crippen molar-refractivity contribution in [1.82, 2.24) is 25.0 Å². The maximum atomic E-state index is 5.90. The van der Waals surface area contributed by atoms with Crippen molar-refractivity contribution in [3.63, 3.8) is 0 Å². The number of hydrogen-bond acceptors (Lipinski definition) is 6. The third-order valence-electron chi connectivity index (χ3n) is 2.09. The number of anilines is 2. The fourth-order valence-electron chi connectivity index (χ4n) is 1.30. The van der Waals surface area contributed by atoms with Crippen molar-refractivity contribution in [1.29, 1.82) is 0 Å². The lowest BCUT2D eigenvalue weighted by atomic mass is 10.4. The molecular weight excluding hydrogens is 242 g/mol. The van der Waals surface area contributed by atoms with Gasteiger partial charge in [-0.25, -0.2) is 4.98 Å². The van der Waals surface area contributed by atoms with Gasteiger partial charge >= 0.3 is 0 Å². The first-order valence-corrected chi connectivity index (χ1v) is 5.49. The van der Waals surface area contributed by atoms with E-state index in [4.69, 9.17) is 17.3 Å². The summed E-state index contributed by atoms with van der Waals surface area (Å²) in [5.74, 6) is 0.755. The quantitative estimate of drug-likeness (QED) is 0.766. The van der Waals surface area contributed by atoms with Crippen molar-refractivity contribution in [2.75, 3.05) is 17.6 Å². The Balaban J connectivity index is 1.80. The van der Waals surface area contributed by atoms with Gasteiger partial charge in [0.2, 0.25) is 5.95 Å². The van der Waals surface area contributed by atoms with Gasteiger partial charge in [0.25, 0.3) is 0 Å². The molecule has 0 spiro atoms. The molecule has 0 aliphatic rings. The zero-order valence-corrected chi connectivity index (χ0v) is 9.80. The highest BCUT2D eigenvalue weighted by Crippen LogP contribution is 2.17. The van der Waals surface area contributed by atoms with Crippen molar-refractivity contribution in [2.24, 2.45) is 0 Å². The van der Waals surface area contributed by atoms with Gasteiger partial charge in [0.15, 0.2) is 0 Å². The first-order valence-electron chi connectivity index (χ1n) is 5.11. The SMILES string of the molecule is Nc1ncc(Cl)c(NCCCn2ccnn2)n1. The highest BCUT2D eigenvalue weighted by molar-refractivity contribution is 6.32. The van der Waals surface area contributed by atoms with E-state index in [2.05, 4.69) is 25.6 Å².